The summed E-state index contributed by atoms with van der Waals surface area (Å²) in [4.78, 5) is 4.60. The summed E-state index contributed by atoms with van der Waals surface area (Å²) >= 11 is 0. The van der Waals surface area contributed by atoms with Crippen LogP contribution >= 0.6 is 0 Å². The molecule has 17 heavy (non-hydrogen) atoms. The molecule has 0 radical (unpaired) electrons. The first kappa shape index (κ1) is 11.9. The Balaban J connectivity index is 2.14. The van der Waals surface area contributed by atoms with Crippen molar-refractivity contribution in [2.45, 2.75) is 27.2 Å². The number of hydrogen-bond acceptors (Lipinski definition) is 2. The average molecular weight is 228 g/mol. The Morgan fingerprint density at radius 2 is 1.88 bits per heavy atom. The molecule has 0 saturated heterocycles. The van der Waals surface area contributed by atoms with Crippen molar-refractivity contribution in [2.24, 2.45) is 5.41 Å². The van der Waals surface area contributed by atoms with Gasteiger partial charge in [-0.1, -0.05) is 39.0 Å². The summed E-state index contributed by atoms with van der Waals surface area (Å²) in [5.74, 6) is 0.963. The number of hydrogen-bond donors (Lipinski definition) is 1. The van der Waals surface area contributed by atoms with Gasteiger partial charge in [0.2, 0.25) is 0 Å². The topological polar surface area (TPSA) is 24.9 Å². The Kier molecular flexibility index (Phi) is 3.32. The van der Waals surface area contributed by atoms with E-state index in [1.165, 1.54) is 5.39 Å². The van der Waals surface area contributed by atoms with Gasteiger partial charge in [-0.2, -0.15) is 0 Å². The summed E-state index contributed by atoms with van der Waals surface area (Å²) in [5.41, 5.74) is 1.36. The summed E-state index contributed by atoms with van der Waals surface area (Å²) in [6.07, 6.45) is 1.16. The van der Waals surface area contributed by atoms with Crippen molar-refractivity contribution in [3.63, 3.8) is 0 Å². The van der Waals surface area contributed by atoms with E-state index in [-0.39, 0.29) is 0 Å². The molecule has 0 atom stereocenters. The summed E-state index contributed by atoms with van der Waals surface area (Å²) in [6.45, 7) is 7.70. The molecule has 1 heterocycles. The molecule has 2 nitrogen and oxygen atoms in total. The van der Waals surface area contributed by atoms with Crippen LogP contribution in [0.15, 0.2) is 36.4 Å². The maximum atomic E-state index is 4.60. The van der Waals surface area contributed by atoms with Crippen molar-refractivity contribution in [1.29, 1.82) is 0 Å². The van der Waals surface area contributed by atoms with Crippen LogP contribution in [0.2, 0.25) is 0 Å². The lowest BCUT2D eigenvalue weighted by Gasteiger charge is -2.23. The van der Waals surface area contributed by atoms with Crippen molar-refractivity contribution in [3.05, 3.63) is 36.4 Å². The zero-order valence-electron chi connectivity index (χ0n) is 10.8. The van der Waals surface area contributed by atoms with Gasteiger partial charge in [-0.15, -0.1) is 0 Å². The molecule has 1 aromatic heterocycles. The lowest BCUT2D eigenvalue weighted by Crippen LogP contribution is -2.22. The Labute approximate surface area is 103 Å². The van der Waals surface area contributed by atoms with E-state index in [0.29, 0.717) is 5.41 Å². The molecule has 2 rings (SSSR count). The predicted octanol–water partition coefficient (Wildman–Crippen LogP) is 4.08. The van der Waals surface area contributed by atoms with Crippen LogP contribution < -0.4 is 5.32 Å². The van der Waals surface area contributed by atoms with Gasteiger partial charge >= 0.3 is 0 Å². The van der Waals surface area contributed by atoms with Gasteiger partial charge in [-0.05, 0) is 30.0 Å². The van der Waals surface area contributed by atoms with Crippen LogP contribution in [0.5, 0.6) is 0 Å². The Bertz CT molecular complexity index is 503. The Morgan fingerprint density at radius 1 is 1.12 bits per heavy atom. The van der Waals surface area contributed by atoms with Gasteiger partial charge in [0.1, 0.15) is 5.82 Å². The number of rotatable bonds is 4. The number of pyridine rings is 1. The fraction of sp³-hybridized carbons (Fsp3) is 0.400. The molecule has 0 fully saturated rings. The van der Waals surface area contributed by atoms with E-state index < -0.39 is 0 Å². The van der Waals surface area contributed by atoms with Crippen LogP contribution in [-0.2, 0) is 0 Å². The highest BCUT2D eigenvalue weighted by Crippen LogP contribution is 2.21. The number of benzene rings is 1. The second kappa shape index (κ2) is 4.74. The molecule has 0 saturated carbocycles. The largest absolute Gasteiger partial charge is 0.370 e. The molecule has 0 bridgehead atoms. The fourth-order valence-electron chi connectivity index (χ4n) is 1.62. The van der Waals surface area contributed by atoms with Gasteiger partial charge in [0.15, 0.2) is 0 Å². The van der Waals surface area contributed by atoms with E-state index >= 15 is 0 Å². The predicted molar refractivity (Wildman–Crippen MR) is 74.3 cm³/mol. The summed E-state index contributed by atoms with van der Waals surface area (Å²) in [5, 5.41) is 4.60. The van der Waals surface area contributed by atoms with Gasteiger partial charge in [-0.25, -0.2) is 4.98 Å². The van der Waals surface area contributed by atoms with Gasteiger partial charge in [-0.3, -0.25) is 0 Å². The molecule has 1 aromatic carbocycles. The van der Waals surface area contributed by atoms with E-state index in [9.17, 15) is 0 Å². The first-order valence-electron chi connectivity index (χ1n) is 6.20. The smallest absolute Gasteiger partial charge is 0.126 e. The minimum Gasteiger partial charge on any atom is -0.370 e. The third-order valence-corrected chi connectivity index (χ3v) is 3.30. The first-order chi connectivity index (χ1) is 8.11. The second-order valence-corrected chi connectivity index (χ2v) is 5.26. The van der Waals surface area contributed by atoms with Crippen LogP contribution in [-0.4, -0.2) is 11.5 Å². The highest BCUT2D eigenvalue weighted by Gasteiger charge is 2.14. The molecule has 1 N–H and O–H groups in total. The zero-order valence-corrected chi connectivity index (χ0v) is 10.8. The zero-order chi connectivity index (χ0) is 12.3. The molecular formula is C15H20N2. The fourth-order valence-corrected chi connectivity index (χ4v) is 1.62. The molecule has 2 heteroatoms. The van der Waals surface area contributed by atoms with Gasteiger partial charge in [0.05, 0.1) is 5.52 Å². The summed E-state index contributed by atoms with van der Waals surface area (Å²) < 4.78 is 0. The normalized spacial score (nSPS) is 11.7. The van der Waals surface area contributed by atoms with Crippen molar-refractivity contribution < 1.29 is 0 Å². The van der Waals surface area contributed by atoms with E-state index in [4.69, 9.17) is 0 Å². The van der Waals surface area contributed by atoms with Gasteiger partial charge < -0.3 is 5.32 Å². The van der Waals surface area contributed by atoms with Gasteiger partial charge in [0.25, 0.3) is 0 Å². The minimum absolute atomic E-state index is 0.313. The van der Waals surface area contributed by atoms with E-state index in [1.807, 2.05) is 24.3 Å². The van der Waals surface area contributed by atoms with Crippen molar-refractivity contribution in [2.75, 3.05) is 11.9 Å². The highest BCUT2D eigenvalue weighted by molar-refractivity contribution is 5.80. The Morgan fingerprint density at radius 3 is 2.65 bits per heavy atom. The quantitative estimate of drug-likeness (QED) is 0.852. The maximum absolute atomic E-state index is 4.60. The summed E-state index contributed by atoms with van der Waals surface area (Å²) in [6, 6.07) is 12.4. The first-order valence-corrected chi connectivity index (χ1v) is 6.20. The second-order valence-electron chi connectivity index (χ2n) is 5.26. The number of aromatic nitrogens is 1. The van der Waals surface area contributed by atoms with Crippen molar-refractivity contribution in [3.8, 4) is 0 Å². The molecule has 0 aliphatic heterocycles. The van der Waals surface area contributed by atoms with Crippen molar-refractivity contribution >= 4 is 16.7 Å². The molecular weight excluding hydrogens is 208 g/mol. The standard InChI is InChI=1S/C15H20N2/c1-4-15(2,3)11-16-14-10-9-12-7-5-6-8-13(12)17-14/h5-10H,4,11H2,1-3H3,(H,16,17). The number of nitrogens with zero attached hydrogens (tertiary/aromatic N) is 1. The number of nitrogens with one attached hydrogen (secondary N) is 1. The Hall–Kier alpha value is -1.57. The molecule has 0 aliphatic rings. The van der Waals surface area contributed by atoms with Crippen molar-refractivity contribution in [1.82, 2.24) is 4.98 Å². The van der Waals surface area contributed by atoms with Crippen LogP contribution in [0, 0.1) is 5.41 Å². The van der Waals surface area contributed by atoms with Crippen LogP contribution in [0.1, 0.15) is 27.2 Å². The van der Waals surface area contributed by atoms with Crippen LogP contribution in [0.25, 0.3) is 10.9 Å². The lowest BCUT2D eigenvalue weighted by molar-refractivity contribution is 0.376. The highest BCUT2D eigenvalue weighted by atomic mass is 15.0. The van der Waals surface area contributed by atoms with Gasteiger partial charge in [0, 0.05) is 11.9 Å². The van der Waals surface area contributed by atoms with E-state index in [1.54, 1.807) is 0 Å². The monoisotopic (exact) mass is 228 g/mol. The van der Waals surface area contributed by atoms with E-state index in [2.05, 4.69) is 43.2 Å². The molecule has 0 aliphatic carbocycles. The lowest BCUT2D eigenvalue weighted by atomic mass is 9.90. The average Bonchev–Trinajstić information content (AvgIpc) is 2.36. The molecule has 90 valence electrons. The summed E-state index contributed by atoms with van der Waals surface area (Å²) in [7, 11) is 0. The minimum atomic E-state index is 0.313. The third kappa shape index (κ3) is 2.96. The molecule has 0 unspecified atom stereocenters. The number of anilines is 1. The number of fused-ring (bicyclic) bond motifs is 1. The molecule has 0 amide bonds. The van der Waals surface area contributed by atoms with E-state index in [0.717, 1.165) is 24.3 Å². The molecule has 2 aromatic rings. The van der Waals surface area contributed by atoms with Crippen LogP contribution in [0.4, 0.5) is 5.82 Å². The third-order valence-electron chi connectivity index (χ3n) is 3.30. The number of para-hydroxylation sites is 1. The molecule has 0 spiro atoms. The van der Waals surface area contributed by atoms with Crippen LogP contribution in [0.3, 0.4) is 0 Å². The maximum Gasteiger partial charge on any atom is 0.126 e. The SMILES string of the molecule is CCC(C)(C)CNc1ccc2ccccc2n1.